The van der Waals surface area contributed by atoms with Crippen LogP contribution in [0.25, 0.3) is 0 Å². The summed E-state index contributed by atoms with van der Waals surface area (Å²) in [5.74, 6) is 0.564. The van der Waals surface area contributed by atoms with Crippen molar-refractivity contribution in [2.24, 2.45) is 5.92 Å². The second-order valence-corrected chi connectivity index (χ2v) is 6.69. The van der Waals surface area contributed by atoms with Gasteiger partial charge in [-0.05, 0) is 75.6 Å². The number of hydrogen-bond acceptors (Lipinski definition) is 3. The van der Waals surface area contributed by atoms with Gasteiger partial charge in [0.1, 0.15) is 5.82 Å². The molecule has 0 unspecified atom stereocenters. The fourth-order valence-corrected chi connectivity index (χ4v) is 3.67. The molecule has 1 N–H and O–H groups in total. The largest absolute Gasteiger partial charge is 0.371 e. The van der Waals surface area contributed by atoms with Crippen LogP contribution in [0.1, 0.15) is 26.2 Å². The number of halogens is 1. The topological polar surface area (TPSA) is 18.5 Å². The maximum absolute atomic E-state index is 13.0. The summed E-state index contributed by atoms with van der Waals surface area (Å²) in [4.78, 5) is 4.91. The average molecular weight is 305 g/mol. The Balaban J connectivity index is 1.41. The van der Waals surface area contributed by atoms with Crippen molar-refractivity contribution in [1.29, 1.82) is 0 Å². The van der Waals surface area contributed by atoms with Gasteiger partial charge in [0.2, 0.25) is 0 Å². The van der Waals surface area contributed by atoms with Gasteiger partial charge in [0, 0.05) is 24.8 Å². The first-order valence-corrected chi connectivity index (χ1v) is 8.71. The van der Waals surface area contributed by atoms with Gasteiger partial charge >= 0.3 is 0 Å². The van der Waals surface area contributed by atoms with E-state index in [2.05, 4.69) is 22.0 Å². The highest BCUT2D eigenvalue weighted by Crippen LogP contribution is 2.24. The van der Waals surface area contributed by atoms with Crippen LogP contribution in [0.2, 0.25) is 0 Å². The molecular formula is C18H28FN3. The van der Waals surface area contributed by atoms with E-state index in [4.69, 9.17) is 0 Å². The molecule has 0 saturated carbocycles. The number of nitrogens with one attached hydrogen (secondary N) is 1. The van der Waals surface area contributed by atoms with Crippen LogP contribution in [-0.4, -0.2) is 50.2 Å². The van der Waals surface area contributed by atoms with Crippen LogP contribution < -0.4 is 10.2 Å². The van der Waals surface area contributed by atoms with Crippen LogP contribution in [0.3, 0.4) is 0 Å². The molecule has 0 aromatic heterocycles. The molecule has 0 amide bonds. The summed E-state index contributed by atoms with van der Waals surface area (Å²) in [5, 5.41) is 3.78. The van der Waals surface area contributed by atoms with Crippen molar-refractivity contribution in [1.82, 2.24) is 10.2 Å². The maximum atomic E-state index is 13.0. The third-order valence-electron chi connectivity index (χ3n) is 5.21. The Morgan fingerprint density at radius 1 is 1.09 bits per heavy atom. The van der Waals surface area contributed by atoms with Crippen LogP contribution in [0.5, 0.6) is 0 Å². The zero-order valence-corrected chi connectivity index (χ0v) is 13.6. The van der Waals surface area contributed by atoms with Crippen LogP contribution in [0.15, 0.2) is 24.3 Å². The average Bonchev–Trinajstić information content (AvgIpc) is 3.03. The fraction of sp³-hybridized carbons (Fsp3) is 0.667. The van der Waals surface area contributed by atoms with Crippen molar-refractivity contribution in [3.05, 3.63) is 30.1 Å². The van der Waals surface area contributed by atoms with Gasteiger partial charge in [-0.1, -0.05) is 6.92 Å². The molecule has 0 radical (unpaired) electrons. The third-order valence-corrected chi connectivity index (χ3v) is 5.21. The van der Waals surface area contributed by atoms with Gasteiger partial charge in [-0.3, -0.25) is 0 Å². The Morgan fingerprint density at radius 2 is 1.82 bits per heavy atom. The van der Waals surface area contributed by atoms with Crippen molar-refractivity contribution in [3.63, 3.8) is 0 Å². The number of benzene rings is 1. The lowest BCUT2D eigenvalue weighted by Crippen LogP contribution is -2.43. The van der Waals surface area contributed by atoms with Crippen LogP contribution in [0.4, 0.5) is 10.1 Å². The van der Waals surface area contributed by atoms with E-state index in [9.17, 15) is 4.39 Å². The summed E-state index contributed by atoms with van der Waals surface area (Å²) in [5.41, 5.74) is 1.15. The Bertz CT molecular complexity index is 454. The van der Waals surface area contributed by atoms with E-state index in [0.717, 1.165) is 25.3 Å². The summed E-state index contributed by atoms with van der Waals surface area (Å²) in [6.45, 7) is 9.20. The molecule has 2 fully saturated rings. The van der Waals surface area contributed by atoms with Gasteiger partial charge in [-0.15, -0.1) is 0 Å². The van der Waals surface area contributed by atoms with Crippen LogP contribution in [0, 0.1) is 11.7 Å². The standard InChI is InChI=1S/C18H28FN3/c1-2-21-10-8-17(9-11-21)20-13-15-7-12-22(14-15)18-5-3-16(19)4-6-18/h3-6,15,17,20H,2,7-14H2,1H3/t15-/m0/s1. The number of piperidine rings is 1. The Hall–Kier alpha value is -1.13. The van der Waals surface area contributed by atoms with Crippen molar-refractivity contribution in [3.8, 4) is 0 Å². The molecular weight excluding hydrogens is 277 g/mol. The van der Waals surface area contributed by atoms with E-state index in [1.54, 1.807) is 12.1 Å². The zero-order chi connectivity index (χ0) is 15.4. The Morgan fingerprint density at radius 3 is 2.50 bits per heavy atom. The quantitative estimate of drug-likeness (QED) is 0.902. The zero-order valence-electron chi connectivity index (χ0n) is 13.6. The summed E-state index contributed by atoms with van der Waals surface area (Å²) < 4.78 is 13.0. The minimum atomic E-state index is -0.153. The number of likely N-dealkylation sites (tertiary alicyclic amines) is 1. The number of anilines is 1. The highest BCUT2D eigenvalue weighted by atomic mass is 19.1. The summed E-state index contributed by atoms with van der Waals surface area (Å²) in [6.07, 6.45) is 3.79. The lowest BCUT2D eigenvalue weighted by Gasteiger charge is -2.32. The van der Waals surface area contributed by atoms with Gasteiger partial charge in [0.05, 0.1) is 0 Å². The Labute approximate surface area is 133 Å². The van der Waals surface area contributed by atoms with E-state index >= 15 is 0 Å². The molecule has 4 heteroatoms. The minimum Gasteiger partial charge on any atom is -0.371 e. The first kappa shape index (κ1) is 15.8. The summed E-state index contributed by atoms with van der Waals surface area (Å²) in [6, 6.07) is 7.60. The third kappa shape index (κ3) is 3.99. The molecule has 3 rings (SSSR count). The van der Waals surface area contributed by atoms with Crippen LogP contribution >= 0.6 is 0 Å². The minimum absolute atomic E-state index is 0.153. The lowest BCUT2D eigenvalue weighted by atomic mass is 10.0. The van der Waals surface area contributed by atoms with Crippen LogP contribution in [-0.2, 0) is 0 Å². The van der Waals surface area contributed by atoms with E-state index in [1.807, 2.05) is 12.1 Å². The molecule has 2 heterocycles. The number of nitrogens with zero attached hydrogens (tertiary/aromatic N) is 2. The predicted octanol–water partition coefficient (Wildman–Crippen LogP) is 2.73. The highest BCUT2D eigenvalue weighted by Gasteiger charge is 2.24. The van der Waals surface area contributed by atoms with Gasteiger partial charge in [0.15, 0.2) is 0 Å². The molecule has 2 aliphatic heterocycles. The molecule has 0 aliphatic carbocycles. The molecule has 122 valence electrons. The predicted molar refractivity (Wildman–Crippen MR) is 89.9 cm³/mol. The van der Waals surface area contributed by atoms with Gasteiger partial charge in [-0.25, -0.2) is 4.39 Å². The molecule has 1 aromatic rings. The monoisotopic (exact) mass is 305 g/mol. The maximum Gasteiger partial charge on any atom is 0.123 e. The van der Waals surface area contributed by atoms with Gasteiger partial charge < -0.3 is 15.1 Å². The normalized spacial score (nSPS) is 24.1. The highest BCUT2D eigenvalue weighted by molar-refractivity contribution is 5.47. The fourth-order valence-electron chi connectivity index (χ4n) is 3.67. The second-order valence-electron chi connectivity index (χ2n) is 6.69. The molecule has 1 atom stereocenters. The number of rotatable bonds is 5. The smallest absolute Gasteiger partial charge is 0.123 e. The van der Waals surface area contributed by atoms with Gasteiger partial charge in [0.25, 0.3) is 0 Å². The first-order valence-electron chi connectivity index (χ1n) is 8.71. The van der Waals surface area contributed by atoms with Crippen molar-refractivity contribution in [2.45, 2.75) is 32.2 Å². The molecule has 1 aromatic carbocycles. The molecule has 22 heavy (non-hydrogen) atoms. The molecule has 0 spiro atoms. The van der Waals surface area contributed by atoms with Crippen molar-refractivity contribution < 1.29 is 4.39 Å². The molecule has 2 saturated heterocycles. The van der Waals surface area contributed by atoms with Crippen molar-refractivity contribution in [2.75, 3.05) is 44.2 Å². The van der Waals surface area contributed by atoms with Crippen molar-refractivity contribution >= 4 is 5.69 Å². The summed E-state index contributed by atoms with van der Waals surface area (Å²) in [7, 11) is 0. The Kier molecular flexibility index (Phi) is 5.32. The molecule has 3 nitrogen and oxygen atoms in total. The first-order chi connectivity index (χ1) is 10.7. The van der Waals surface area contributed by atoms with Gasteiger partial charge in [-0.2, -0.15) is 0 Å². The lowest BCUT2D eigenvalue weighted by molar-refractivity contribution is 0.203. The molecule has 0 bridgehead atoms. The second kappa shape index (κ2) is 7.42. The SMILES string of the molecule is CCN1CCC(NC[C@@H]2CCN(c3ccc(F)cc3)C2)CC1. The van der Waals surface area contributed by atoms with E-state index in [0.29, 0.717) is 12.0 Å². The molecule has 2 aliphatic rings. The van der Waals surface area contributed by atoms with E-state index < -0.39 is 0 Å². The van der Waals surface area contributed by atoms with E-state index in [-0.39, 0.29) is 5.82 Å². The number of hydrogen-bond donors (Lipinski definition) is 1. The van der Waals surface area contributed by atoms with E-state index in [1.165, 1.54) is 38.9 Å². The summed E-state index contributed by atoms with van der Waals surface area (Å²) >= 11 is 0.